The molecule has 1 amide bonds. The van der Waals surface area contributed by atoms with E-state index in [-0.39, 0.29) is 11.8 Å². The topological polar surface area (TPSA) is 68.3 Å². The average Bonchev–Trinajstić information content (AvgIpc) is 2.38. The Balaban J connectivity index is 2.47. The molecule has 2 atom stereocenters. The van der Waals surface area contributed by atoms with Crippen LogP contribution in [0.4, 0.5) is 5.69 Å². The van der Waals surface area contributed by atoms with E-state index in [0.717, 1.165) is 0 Å². The van der Waals surface area contributed by atoms with Crippen molar-refractivity contribution in [3.05, 3.63) is 12.1 Å². The van der Waals surface area contributed by atoms with Crippen LogP contribution in [0.3, 0.4) is 0 Å². The molecule has 0 spiro atoms. The van der Waals surface area contributed by atoms with Gasteiger partial charge in [0.05, 0.1) is 23.6 Å². The van der Waals surface area contributed by atoms with Gasteiger partial charge in [0.15, 0.2) is 5.03 Å². The fourth-order valence-corrected chi connectivity index (χ4v) is 2.76. The highest BCUT2D eigenvalue weighted by Gasteiger charge is 2.25. The maximum absolute atomic E-state index is 11.9. The first-order valence-corrected chi connectivity index (χ1v) is 6.18. The summed E-state index contributed by atoms with van der Waals surface area (Å²) in [5.74, 6) is 0.287. The minimum absolute atomic E-state index is 0.126. The van der Waals surface area contributed by atoms with Gasteiger partial charge in [-0.2, -0.15) is 0 Å². The molecule has 0 saturated heterocycles. The Morgan fingerprint density at radius 3 is 3.00 bits per heavy atom. The first-order valence-electron chi connectivity index (χ1n) is 4.86. The van der Waals surface area contributed by atoms with Crippen LogP contribution in [0.5, 0.6) is 5.88 Å². The van der Waals surface area contributed by atoms with E-state index in [1.165, 1.54) is 7.11 Å². The number of methoxy groups -OCH3 is 1. The summed E-state index contributed by atoms with van der Waals surface area (Å²) < 4.78 is 16.9. The lowest BCUT2D eigenvalue weighted by Gasteiger charge is -2.06. The molecule has 0 saturated carbocycles. The second kappa shape index (κ2) is 4.21. The van der Waals surface area contributed by atoms with Crippen molar-refractivity contribution in [3.63, 3.8) is 0 Å². The van der Waals surface area contributed by atoms with Gasteiger partial charge < -0.3 is 10.1 Å². The van der Waals surface area contributed by atoms with Gasteiger partial charge in [0.1, 0.15) is 0 Å². The number of anilines is 1. The number of aromatic nitrogens is 1. The molecule has 0 radical (unpaired) electrons. The molecule has 0 bridgehead atoms. The van der Waals surface area contributed by atoms with Crippen LogP contribution in [0.1, 0.15) is 6.92 Å². The van der Waals surface area contributed by atoms with Gasteiger partial charge in [-0.1, -0.05) is 6.92 Å². The number of nitrogens with one attached hydrogen (secondary N) is 1. The van der Waals surface area contributed by atoms with Crippen molar-refractivity contribution in [1.29, 1.82) is 0 Å². The maximum atomic E-state index is 11.9. The van der Waals surface area contributed by atoms with Gasteiger partial charge in [-0.3, -0.25) is 9.00 Å². The van der Waals surface area contributed by atoms with E-state index in [0.29, 0.717) is 22.3 Å². The average molecular weight is 240 g/mol. The van der Waals surface area contributed by atoms with Crippen molar-refractivity contribution in [3.8, 4) is 5.88 Å². The number of rotatable bonds is 1. The summed E-state index contributed by atoms with van der Waals surface area (Å²) in [5.41, 5.74) is 0.508. The summed E-state index contributed by atoms with van der Waals surface area (Å²) in [6, 6.07) is 3.29. The highest BCUT2D eigenvalue weighted by Crippen LogP contribution is 2.25. The Morgan fingerprint density at radius 2 is 2.31 bits per heavy atom. The number of fused-ring (bicyclic) bond motifs is 1. The quantitative estimate of drug-likeness (QED) is 0.788. The summed E-state index contributed by atoms with van der Waals surface area (Å²) in [7, 11) is 0.226. The van der Waals surface area contributed by atoms with Crippen LogP contribution in [0, 0.1) is 5.92 Å². The lowest BCUT2D eigenvalue weighted by Crippen LogP contribution is -2.21. The van der Waals surface area contributed by atoms with E-state index < -0.39 is 10.8 Å². The molecule has 1 aliphatic heterocycles. The van der Waals surface area contributed by atoms with E-state index in [9.17, 15) is 9.00 Å². The van der Waals surface area contributed by atoms with Gasteiger partial charge in [0, 0.05) is 17.7 Å². The van der Waals surface area contributed by atoms with Crippen LogP contribution < -0.4 is 10.1 Å². The van der Waals surface area contributed by atoms with Gasteiger partial charge in [-0.05, 0) is 6.07 Å². The second-order valence-corrected chi connectivity index (χ2v) is 5.02. The Morgan fingerprint density at radius 1 is 1.56 bits per heavy atom. The third-order valence-electron chi connectivity index (χ3n) is 2.37. The molecule has 0 aliphatic carbocycles. The molecule has 5 nitrogen and oxygen atoms in total. The number of amides is 1. The molecular weight excluding hydrogens is 228 g/mol. The summed E-state index contributed by atoms with van der Waals surface area (Å²) in [4.78, 5) is 15.7. The number of hydrogen-bond donors (Lipinski definition) is 1. The summed E-state index contributed by atoms with van der Waals surface area (Å²) in [5, 5.41) is 3.09. The molecular formula is C10H12N2O3S. The molecule has 1 aromatic rings. The largest absolute Gasteiger partial charge is 0.481 e. The Labute approximate surface area is 95.7 Å². The third kappa shape index (κ3) is 1.92. The second-order valence-electron chi connectivity index (χ2n) is 3.61. The van der Waals surface area contributed by atoms with E-state index in [1.807, 2.05) is 0 Å². The Kier molecular flexibility index (Phi) is 2.91. The molecule has 16 heavy (non-hydrogen) atoms. The molecule has 1 aliphatic rings. The molecule has 2 unspecified atom stereocenters. The number of pyridine rings is 1. The standard InChI is InChI=1S/C10H12N2O3S/c1-6-5-16(14)10-7(11-9(6)13)3-4-8(12-10)15-2/h3-4,6H,5H2,1-2H3,(H,11,13). The fourth-order valence-electron chi connectivity index (χ4n) is 1.44. The third-order valence-corrected chi connectivity index (χ3v) is 3.91. The molecule has 1 N–H and O–H groups in total. The van der Waals surface area contributed by atoms with Gasteiger partial charge in [0.2, 0.25) is 11.8 Å². The van der Waals surface area contributed by atoms with Crippen LogP contribution in [0.25, 0.3) is 0 Å². The minimum Gasteiger partial charge on any atom is -0.481 e. The predicted octanol–water partition coefficient (Wildman–Crippen LogP) is 0.786. The van der Waals surface area contributed by atoms with E-state index in [1.54, 1.807) is 19.1 Å². The van der Waals surface area contributed by atoms with E-state index in [2.05, 4.69) is 10.3 Å². The fraction of sp³-hybridized carbons (Fsp3) is 0.400. The van der Waals surface area contributed by atoms with Crippen LogP contribution in [-0.4, -0.2) is 28.0 Å². The van der Waals surface area contributed by atoms with Gasteiger partial charge in [-0.15, -0.1) is 0 Å². The van der Waals surface area contributed by atoms with Gasteiger partial charge in [0.25, 0.3) is 0 Å². The lowest BCUT2D eigenvalue weighted by atomic mass is 10.2. The number of carbonyl (C=O) groups is 1. The molecule has 86 valence electrons. The first kappa shape index (κ1) is 11.1. The van der Waals surface area contributed by atoms with Crippen molar-refractivity contribution < 1.29 is 13.7 Å². The summed E-state index contributed by atoms with van der Waals surface area (Å²) >= 11 is 0. The Bertz CT molecular complexity index is 461. The molecule has 0 fully saturated rings. The number of nitrogens with zero attached hydrogens (tertiary/aromatic N) is 1. The highest BCUT2D eigenvalue weighted by molar-refractivity contribution is 7.85. The van der Waals surface area contributed by atoms with Gasteiger partial charge >= 0.3 is 0 Å². The van der Waals surface area contributed by atoms with E-state index >= 15 is 0 Å². The van der Waals surface area contributed by atoms with Crippen LogP contribution >= 0.6 is 0 Å². The predicted molar refractivity (Wildman–Crippen MR) is 59.9 cm³/mol. The molecule has 0 aromatic carbocycles. The normalized spacial score (nSPS) is 24.2. The highest BCUT2D eigenvalue weighted by atomic mass is 32.2. The zero-order chi connectivity index (χ0) is 11.7. The van der Waals surface area contributed by atoms with Crippen molar-refractivity contribution in [1.82, 2.24) is 4.98 Å². The van der Waals surface area contributed by atoms with Crippen molar-refractivity contribution in [2.24, 2.45) is 5.92 Å². The monoisotopic (exact) mass is 240 g/mol. The zero-order valence-electron chi connectivity index (χ0n) is 9.02. The van der Waals surface area contributed by atoms with Gasteiger partial charge in [-0.25, -0.2) is 4.98 Å². The summed E-state index contributed by atoms with van der Waals surface area (Å²) in [6.07, 6.45) is 0. The minimum atomic E-state index is -1.27. The smallest absolute Gasteiger partial charge is 0.228 e. The van der Waals surface area contributed by atoms with Crippen LogP contribution in [0.15, 0.2) is 17.2 Å². The summed E-state index contributed by atoms with van der Waals surface area (Å²) in [6.45, 7) is 1.75. The first-order chi connectivity index (χ1) is 7.61. The van der Waals surface area contributed by atoms with Crippen molar-refractivity contribution in [2.45, 2.75) is 11.9 Å². The zero-order valence-corrected chi connectivity index (χ0v) is 9.84. The Hall–Kier alpha value is -1.43. The van der Waals surface area contributed by atoms with Crippen LogP contribution in [0.2, 0.25) is 0 Å². The van der Waals surface area contributed by atoms with Crippen molar-refractivity contribution in [2.75, 3.05) is 18.2 Å². The molecule has 1 aromatic heterocycles. The number of hydrogen-bond acceptors (Lipinski definition) is 4. The molecule has 6 heteroatoms. The van der Waals surface area contributed by atoms with Crippen molar-refractivity contribution >= 4 is 22.4 Å². The maximum Gasteiger partial charge on any atom is 0.228 e. The number of ether oxygens (including phenoxy) is 1. The SMILES string of the molecule is COc1ccc2c(n1)S(=O)CC(C)C(=O)N2. The van der Waals surface area contributed by atoms with E-state index in [4.69, 9.17) is 4.74 Å². The van der Waals surface area contributed by atoms with Crippen LogP contribution in [-0.2, 0) is 15.6 Å². The number of carbonyl (C=O) groups excluding carboxylic acids is 1. The molecule has 2 rings (SSSR count). The molecule has 2 heterocycles. The lowest BCUT2D eigenvalue weighted by molar-refractivity contribution is -0.118.